The molecule has 1 saturated heterocycles. The second kappa shape index (κ2) is 7.82. The van der Waals surface area contributed by atoms with E-state index < -0.39 is 17.4 Å². The van der Waals surface area contributed by atoms with Crippen molar-refractivity contribution in [3.8, 4) is 0 Å². The molecule has 4 rings (SSSR count). The first-order chi connectivity index (χ1) is 13.6. The van der Waals surface area contributed by atoms with E-state index in [1.165, 1.54) is 16.7 Å². The Morgan fingerprint density at radius 2 is 1.21 bits per heavy atom. The van der Waals surface area contributed by atoms with Crippen LogP contribution < -0.4 is 0 Å². The Morgan fingerprint density at radius 3 is 1.54 bits per heavy atom. The first-order valence-corrected chi connectivity index (χ1v) is 9.89. The van der Waals surface area contributed by atoms with E-state index in [9.17, 15) is 9.90 Å². The lowest BCUT2D eigenvalue weighted by molar-refractivity contribution is -0.140. The summed E-state index contributed by atoms with van der Waals surface area (Å²) >= 11 is 4.51. The molecule has 0 radical (unpaired) electrons. The zero-order chi connectivity index (χ0) is 19.6. The van der Waals surface area contributed by atoms with Crippen LogP contribution in [0.5, 0.6) is 0 Å². The number of carboxylic acid groups (broad SMARTS) is 1. The number of nitrogens with zero attached hydrogens (tertiary/aromatic N) is 1. The number of benzene rings is 3. The minimum Gasteiger partial charge on any atom is -0.480 e. The van der Waals surface area contributed by atoms with E-state index in [1.807, 2.05) is 18.2 Å². The number of thiol groups is 1. The molecule has 4 heteroatoms. The van der Waals surface area contributed by atoms with Crippen LogP contribution in [0.25, 0.3) is 0 Å². The normalized spacial score (nSPS) is 20.2. The van der Waals surface area contributed by atoms with Crippen LogP contribution in [-0.2, 0) is 10.2 Å². The largest absolute Gasteiger partial charge is 0.480 e. The highest BCUT2D eigenvalue weighted by atomic mass is 32.1. The van der Waals surface area contributed by atoms with Crippen LogP contribution in [0.1, 0.15) is 23.1 Å². The fourth-order valence-corrected chi connectivity index (χ4v) is 5.06. The van der Waals surface area contributed by atoms with Crippen molar-refractivity contribution in [2.45, 2.75) is 17.9 Å². The number of rotatable bonds is 5. The Balaban J connectivity index is 1.98. The molecular formula is C24H23NO2S. The molecule has 1 heterocycles. The van der Waals surface area contributed by atoms with E-state index in [-0.39, 0.29) is 5.92 Å². The lowest BCUT2D eigenvalue weighted by Gasteiger charge is -2.41. The van der Waals surface area contributed by atoms with Gasteiger partial charge < -0.3 is 5.11 Å². The van der Waals surface area contributed by atoms with Gasteiger partial charge in [-0.1, -0.05) is 104 Å². The van der Waals surface area contributed by atoms with Crippen LogP contribution in [0.4, 0.5) is 0 Å². The zero-order valence-corrected chi connectivity index (χ0v) is 16.4. The highest BCUT2D eigenvalue weighted by Crippen LogP contribution is 2.49. The number of carboxylic acids is 1. The van der Waals surface area contributed by atoms with Gasteiger partial charge in [0.25, 0.3) is 0 Å². The first kappa shape index (κ1) is 18.8. The summed E-state index contributed by atoms with van der Waals surface area (Å²) in [5.74, 6) is -0.751. The lowest BCUT2D eigenvalue weighted by atomic mass is 9.61. The van der Waals surface area contributed by atoms with Crippen LogP contribution in [0, 0.1) is 5.92 Å². The third-order valence-electron chi connectivity index (χ3n) is 5.86. The van der Waals surface area contributed by atoms with Crippen molar-refractivity contribution in [1.82, 2.24) is 4.31 Å². The van der Waals surface area contributed by atoms with Gasteiger partial charge in [-0.2, -0.15) is 0 Å². The van der Waals surface area contributed by atoms with Crippen molar-refractivity contribution < 1.29 is 9.90 Å². The van der Waals surface area contributed by atoms with E-state index >= 15 is 0 Å². The molecule has 2 atom stereocenters. The second-order valence-corrected chi connectivity index (χ2v) is 7.83. The van der Waals surface area contributed by atoms with Crippen LogP contribution in [0.3, 0.4) is 0 Å². The van der Waals surface area contributed by atoms with Crippen molar-refractivity contribution in [3.05, 3.63) is 108 Å². The molecule has 0 aromatic heterocycles. The quantitative estimate of drug-likeness (QED) is 0.493. The molecule has 3 nitrogen and oxygen atoms in total. The van der Waals surface area contributed by atoms with Gasteiger partial charge in [-0.3, -0.25) is 4.79 Å². The molecule has 3 aromatic carbocycles. The monoisotopic (exact) mass is 389 g/mol. The number of aliphatic carboxylic acids is 1. The Kier molecular flexibility index (Phi) is 5.25. The van der Waals surface area contributed by atoms with Crippen LogP contribution in [0.2, 0.25) is 0 Å². The molecule has 0 aliphatic carbocycles. The minimum atomic E-state index is -0.819. The summed E-state index contributed by atoms with van der Waals surface area (Å²) in [5.41, 5.74) is 3.06. The molecule has 0 bridgehead atoms. The predicted octanol–water partition coefficient (Wildman–Crippen LogP) is 4.64. The average Bonchev–Trinajstić information content (AvgIpc) is 3.13. The number of carbonyl (C=O) groups is 1. The number of hydrogen-bond donors (Lipinski definition) is 2. The van der Waals surface area contributed by atoms with E-state index in [1.54, 1.807) is 4.31 Å². The molecule has 0 amide bonds. The van der Waals surface area contributed by atoms with Crippen molar-refractivity contribution in [2.75, 3.05) is 6.54 Å². The Bertz CT molecular complexity index is 834. The highest BCUT2D eigenvalue weighted by Gasteiger charge is 2.50. The summed E-state index contributed by atoms with van der Waals surface area (Å²) in [7, 11) is 0. The van der Waals surface area contributed by atoms with Crippen LogP contribution in [-0.4, -0.2) is 28.0 Å². The summed E-state index contributed by atoms with van der Waals surface area (Å²) < 4.78 is 1.68. The van der Waals surface area contributed by atoms with Gasteiger partial charge >= 0.3 is 5.97 Å². The summed E-state index contributed by atoms with van der Waals surface area (Å²) in [6, 6.07) is 30.7. The zero-order valence-electron chi connectivity index (χ0n) is 15.5. The van der Waals surface area contributed by atoms with E-state index in [0.717, 1.165) is 0 Å². The van der Waals surface area contributed by atoms with Gasteiger partial charge in [-0.25, -0.2) is 4.31 Å². The van der Waals surface area contributed by atoms with Crippen molar-refractivity contribution >= 4 is 18.8 Å². The molecule has 0 saturated carbocycles. The van der Waals surface area contributed by atoms with Crippen molar-refractivity contribution in [2.24, 2.45) is 5.92 Å². The van der Waals surface area contributed by atoms with Gasteiger partial charge in [0.1, 0.15) is 6.04 Å². The molecular weight excluding hydrogens is 366 g/mol. The SMILES string of the molecule is O=C(O)[C@@H]1C[C@@H](C(c2ccccc2)(c2ccccc2)c2ccccc2)CN1S. The second-order valence-electron chi connectivity index (χ2n) is 7.31. The summed E-state index contributed by atoms with van der Waals surface area (Å²) in [6.07, 6.45) is 0.539. The molecule has 3 aromatic rings. The third kappa shape index (κ3) is 3.13. The smallest absolute Gasteiger partial charge is 0.321 e. The summed E-state index contributed by atoms with van der Waals surface area (Å²) in [6.45, 7) is 0.596. The third-order valence-corrected chi connectivity index (χ3v) is 6.30. The fraction of sp³-hybridized carbons (Fsp3) is 0.208. The number of hydrogen-bond acceptors (Lipinski definition) is 3. The molecule has 1 aliphatic heterocycles. The van der Waals surface area contributed by atoms with Crippen LogP contribution >= 0.6 is 12.8 Å². The van der Waals surface area contributed by atoms with Gasteiger partial charge in [0.15, 0.2) is 0 Å². The first-order valence-electron chi connectivity index (χ1n) is 9.49. The maximum Gasteiger partial charge on any atom is 0.321 e. The lowest BCUT2D eigenvalue weighted by Crippen LogP contribution is -2.39. The fourth-order valence-electron chi connectivity index (χ4n) is 4.67. The standard InChI is InChI=1S/C24H23NO2S/c26-23(27)22-16-21(17-25(22)28)24(18-10-4-1-5-11-18,19-12-6-2-7-13-19)20-14-8-3-9-15-20/h1-15,21-22,28H,16-17H2,(H,26,27)/t21-,22+/m1/s1. The topological polar surface area (TPSA) is 40.5 Å². The van der Waals surface area contributed by atoms with Gasteiger partial charge in [0.05, 0.1) is 0 Å². The average molecular weight is 390 g/mol. The van der Waals surface area contributed by atoms with Gasteiger partial charge in [-0.05, 0) is 29.0 Å². The molecule has 1 N–H and O–H groups in total. The van der Waals surface area contributed by atoms with Crippen molar-refractivity contribution in [1.29, 1.82) is 0 Å². The summed E-state index contributed by atoms with van der Waals surface area (Å²) in [4.78, 5) is 11.8. The maximum absolute atomic E-state index is 11.8. The van der Waals surface area contributed by atoms with Crippen LogP contribution in [0.15, 0.2) is 91.0 Å². The van der Waals surface area contributed by atoms with Gasteiger partial charge in [0.2, 0.25) is 0 Å². The Hall–Kier alpha value is -2.56. The molecule has 0 spiro atoms. The van der Waals surface area contributed by atoms with Crippen molar-refractivity contribution in [3.63, 3.8) is 0 Å². The Labute approximate surface area is 171 Å². The molecule has 28 heavy (non-hydrogen) atoms. The molecule has 0 unspecified atom stereocenters. The maximum atomic E-state index is 11.8. The minimum absolute atomic E-state index is 0.0679. The van der Waals surface area contributed by atoms with Gasteiger partial charge in [0, 0.05) is 12.0 Å². The van der Waals surface area contributed by atoms with E-state index in [2.05, 4.69) is 85.6 Å². The highest BCUT2D eigenvalue weighted by molar-refractivity contribution is 7.77. The molecule has 142 valence electrons. The Morgan fingerprint density at radius 1 is 0.821 bits per heavy atom. The molecule has 1 aliphatic rings. The predicted molar refractivity (Wildman–Crippen MR) is 114 cm³/mol. The summed E-state index contributed by atoms with van der Waals surface area (Å²) in [5, 5.41) is 9.69. The van der Waals surface area contributed by atoms with Gasteiger partial charge in [-0.15, -0.1) is 0 Å². The van der Waals surface area contributed by atoms with E-state index in [0.29, 0.717) is 13.0 Å². The van der Waals surface area contributed by atoms with E-state index in [4.69, 9.17) is 0 Å². The molecule has 1 fully saturated rings.